The summed E-state index contributed by atoms with van der Waals surface area (Å²) in [6.07, 6.45) is 0.739. The van der Waals surface area contributed by atoms with Crippen LogP contribution in [0.1, 0.15) is 38.1 Å². The molecule has 108 valence electrons. The molecule has 0 bridgehead atoms. The van der Waals surface area contributed by atoms with Gasteiger partial charge < -0.3 is 14.5 Å². The Morgan fingerprint density at radius 3 is 2.75 bits per heavy atom. The molecule has 1 N–H and O–H groups in total. The Bertz CT molecular complexity index is 537. The third-order valence-corrected chi connectivity index (χ3v) is 2.79. The Morgan fingerprint density at radius 2 is 2.05 bits per heavy atom. The van der Waals surface area contributed by atoms with E-state index in [4.69, 9.17) is 9.15 Å². The molecule has 1 aromatic heterocycles. The van der Waals surface area contributed by atoms with Crippen molar-refractivity contribution in [3.05, 3.63) is 41.6 Å². The van der Waals surface area contributed by atoms with Crippen LogP contribution in [-0.4, -0.2) is 16.2 Å². The van der Waals surface area contributed by atoms with Gasteiger partial charge in [-0.05, 0) is 17.7 Å². The molecule has 20 heavy (non-hydrogen) atoms. The summed E-state index contributed by atoms with van der Waals surface area (Å²) in [5, 5.41) is 11.2. The zero-order chi connectivity index (χ0) is 14.4. The van der Waals surface area contributed by atoms with Gasteiger partial charge in [-0.3, -0.25) is 0 Å². The zero-order valence-corrected chi connectivity index (χ0v) is 12.2. The van der Waals surface area contributed by atoms with E-state index in [-0.39, 0.29) is 0 Å². The smallest absolute Gasteiger partial charge is 0.253 e. The summed E-state index contributed by atoms with van der Waals surface area (Å²) in [7, 11) is 0. The maximum Gasteiger partial charge on any atom is 0.253 e. The second-order valence-corrected chi connectivity index (χ2v) is 4.91. The lowest BCUT2D eigenvalue weighted by Crippen LogP contribution is -2.21. The molecular formula is C15H21N3O2. The molecule has 0 aliphatic heterocycles. The molecule has 0 aliphatic rings. The first kappa shape index (κ1) is 14.5. The molecule has 0 radical (unpaired) electrons. The van der Waals surface area contributed by atoms with E-state index >= 15 is 0 Å². The molecule has 0 unspecified atom stereocenters. The summed E-state index contributed by atoms with van der Waals surface area (Å²) >= 11 is 0. The van der Waals surface area contributed by atoms with E-state index in [9.17, 15) is 0 Å². The first-order valence-electron chi connectivity index (χ1n) is 6.93. The van der Waals surface area contributed by atoms with Gasteiger partial charge in [0.25, 0.3) is 5.89 Å². The summed E-state index contributed by atoms with van der Waals surface area (Å²) in [5.41, 5.74) is 1.19. The topological polar surface area (TPSA) is 60.2 Å². The molecule has 1 aromatic carbocycles. The summed E-state index contributed by atoms with van der Waals surface area (Å²) in [6.45, 7) is 7.36. The molecule has 0 atom stereocenters. The van der Waals surface area contributed by atoms with Gasteiger partial charge in [-0.1, -0.05) is 32.9 Å². The number of hydrogen-bond donors (Lipinski definition) is 1. The number of nitrogens with zero attached hydrogens (tertiary/aromatic N) is 2. The van der Waals surface area contributed by atoms with E-state index in [0.29, 0.717) is 24.4 Å². The lowest BCUT2D eigenvalue weighted by Gasteiger charge is -2.09. The second-order valence-electron chi connectivity index (χ2n) is 4.91. The fourth-order valence-corrected chi connectivity index (χ4v) is 1.70. The van der Waals surface area contributed by atoms with Crippen LogP contribution in [0.25, 0.3) is 0 Å². The number of rotatable bonds is 7. The average Bonchev–Trinajstić information content (AvgIpc) is 2.91. The molecule has 0 spiro atoms. The predicted octanol–water partition coefficient (Wildman–Crippen LogP) is 2.71. The molecule has 0 amide bonds. The van der Waals surface area contributed by atoms with Crippen molar-refractivity contribution in [1.82, 2.24) is 15.5 Å². The first-order chi connectivity index (χ1) is 9.67. The van der Waals surface area contributed by atoms with E-state index < -0.39 is 0 Å². The molecule has 5 nitrogen and oxygen atoms in total. The third-order valence-electron chi connectivity index (χ3n) is 2.79. The standard InChI is InChI=1S/C15H21N3O2/c1-4-14-17-18-15(20-14)10-19-13-7-5-6-12(8-13)9-16-11(2)3/h5-8,11,16H,4,9-10H2,1-3H3. The lowest BCUT2D eigenvalue weighted by molar-refractivity contribution is 0.259. The van der Waals surface area contributed by atoms with Crippen molar-refractivity contribution < 1.29 is 9.15 Å². The number of nitrogens with one attached hydrogen (secondary N) is 1. The minimum absolute atomic E-state index is 0.300. The number of hydrogen-bond acceptors (Lipinski definition) is 5. The maximum atomic E-state index is 5.67. The van der Waals surface area contributed by atoms with Crippen LogP contribution >= 0.6 is 0 Å². The third kappa shape index (κ3) is 4.35. The first-order valence-corrected chi connectivity index (χ1v) is 6.93. The van der Waals surface area contributed by atoms with Crippen LogP contribution in [0, 0.1) is 0 Å². The zero-order valence-electron chi connectivity index (χ0n) is 12.2. The van der Waals surface area contributed by atoms with Crippen LogP contribution in [0.4, 0.5) is 0 Å². The van der Waals surface area contributed by atoms with Crippen LogP contribution in [-0.2, 0) is 19.6 Å². The van der Waals surface area contributed by atoms with Crippen molar-refractivity contribution in [3.63, 3.8) is 0 Å². The second kappa shape index (κ2) is 7.05. The largest absolute Gasteiger partial charge is 0.484 e. The molecule has 0 saturated carbocycles. The van der Waals surface area contributed by atoms with E-state index in [1.165, 1.54) is 5.56 Å². The Labute approximate surface area is 119 Å². The summed E-state index contributed by atoms with van der Waals surface area (Å²) in [4.78, 5) is 0. The van der Waals surface area contributed by atoms with Crippen LogP contribution in [0.5, 0.6) is 5.75 Å². The molecule has 2 rings (SSSR count). The highest BCUT2D eigenvalue weighted by molar-refractivity contribution is 5.28. The highest BCUT2D eigenvalue weighted by Gasteiger charge is 2.05. The highest BCUT2D eigenvalue weighted by Crippen LogP contribution is 2.15. The predicted molar refractivity (Wildman–Crippen MR) is 76.4 cm³/mol. The molecule has 5 heteroatoms. The van der Waals surface area contributed by atoms with Crippen LogP contribution in [0.15, 0.2) is 28.7 Å². The van der Waals surface area contributed by atoms with Gasteiger partial charge in [0.1, 0.15) is 5.75 Å². The molecule has 0 saturated heterocycles. The number of benzene rings is 1. The normalized spacial score (nSPS) is 11.0. The van der Waals surface area contributed by atoms with E-state index in [1.807, 2.05) is 25.1 Å². The van der Waals surface area contributed by atoms with Gasteiger partial charge >= 0.3 is 0 Å². The van der Waals surface area contributed by atoms with Crippen molar-refractivity contribution in [1.29, 1.82) is 0 Å². The SMILES string of the molecule is CCc1nnc(COc2cccc(CNC(C)C)c2)o1. The van der Waals surface area contributed by atoms with Crippen LogP contribution < -0.4 is 10.1 Å². The number of aryl methyl sites for hydroxylation is 1. The van der Waals surface area contributed by atoms with Crippen molar-refractivity contribution >= 4 is 0 Å². The van der Waals surface area contributed by atoms with Gasteiger partial charge in [-0.25, -0.2) is 0 Å². The summed E-state index contributed by atoms with van der Waals surface area (Å²) < 4.78 is 11.1. The highest BCUT2D eigenvalue weighted by atomic mass is 16.5. The van der Waals surface area contributed by atoms with Crippen molar-refractivity contribution in [2.24, 2.45) is 0 Å². The van der Waals surface area contributed by atoms with E-state index in [2.05, 4.69) is 35.4 Å². The molecule has 1 heterocycles. The minimum atomic E-state index is 0.300. The van der Waals surface area contributed by atoms with Gasteiger partial charge in [0, 0.05) is 19.0 Å². The summed E-state index contributed by atoms with van der Waals surface area (Å²) in [5.74, 6) is 1.95. The fraction of sp³-hybridized carbons (Fsp3) is 0.467. The maximum absolute atomic E-state index is 5.67. The molecule has 0 fully saturated rings. The number of ether oxygens (including phenoxy) is 1. The molecule has 0 aliphatic carbocycles. The van der Waals surface area contributed by atoms with Gasteiger partial charge in [-0.2, -0.15) is 0 Å². The summed E-state index contributed by atoms with van der Waals surface area (Å²) in [6, 6.07) is 8.47. The average molecular weight is 275 g/mol. The Kier molecular flexibility index (Phi) is 5.12. The lowest BCUT2D eigenvalue weighted by atomic mass is 10.2. The van der Waals surface area contributed by atoms with Crippen molar-refractivity contribution in [2.45, 2.75) is 46.4 Å². The Balaban J connectivity index is 1.90. The Morgan fingerprint density at radius 1 is 1.25 bits per heavy atom. The molecular weight excluding hydrogens is 254 g/mol. The molecule has 2 aromatic rings. The number of aromatic nitrogens is 2. The quantitative estimate of drug-likeness (QED) is 0.842. The van der Waals surface area contributed by atoms with Crippen molar-refractivity contribution in [3.8, 4) is 5.75 Å². The van der Waals surface area contributed by atoms with Gasteiger partial charge in [0.05, 0.1) is 0 Å². The monoisotopic (exact) mass is 275 g/mol. The van der Waals surface area contributed by atoms with Crippen LogP contribution in [0.3, 0.4) is 0 Å². The van der Waals surface area contributed by atoms with E-state index in [1.54, 1.807) is 0 Å². The minimum Gasteiger partial charge on any atom is -0.484 e. The van der Waals surface area contributed by atoms with Crippen molar-refractivity contribution in [2.75, 3.05) is 0 Å². The van der Waals surface area contributed by atoms with E-state index in [0.717, 1.165) is 18.7 Å². The fourth-order valence-electron chi connectivity index (χ4n) is 1.70. The van der Waals surface area contributed by atoms with Crippen LogP contribution in [0.2, 0.25) is 0 Å². The Hall–Kier alpha value is -1.88. The van der Waals surface area contributed by atoms with Gasteiger partial charge in [0.15, 0.2) is 6.61 Å². The van der Waals surface area contributed by atoms with Gasteiger partial charge in [0.2, 0.25) is 5.89 Å². The van der Waals surface area contributed by atoms with Gasteiger partial charge in [-0.15, -0.1) is 10.2 Å².